The van der Waals surface area contributed by atoms with E-state index >= 15 is 0 Å². The normalized spacial score (nSPS) is 10.8. The van der Waals surface area contributed by atoms with E-state index in [4.69, 9.17) is 0 Å². The fourth-order valence-electron chi connectivity index (χ4n) is 1.86. The van der Waals surface area contributed by atoms with E-state index in [0.29, 0.717) is 0 Å². The summed E-state index contributed by atoms with van der Waals surface area (Å²) in [5, 5.41) is 0. The minimum absolute atomic E-state index is 1.01. The number of rotatable bonds is 1. The summed E-state index contributed by atoms with van der Waals surface area (Å²) >= 11 is 0. The molecule has 0 aliphatic rings. The second-order valence-electron chi connectivity index (χ2n) is 4.00. The molecule has 0 aliphatic carbocycles. The van der Waals surface area contributed by atoms with Gasteiger partial charge in [-0.25, -0.2) is 4.98 Å². The van der Waals surface area contributed by atoms with Crippen molar-refractivity contribution in [2.75, 3.05) is 0 Å². The number of imidazole rings is 1. The minimum Gasteiger partial charge on any atom is -0.345 e. The van der Waals surface area contributed by atoms with Crippen LogP contribution in [0.15, 0.2) is 48.8 Å². The number of hydrogen-bond acceptors (Lipinski definition) is 1. The molecule has 16 heavy (non-hydrogen) atoms. The van der Waals surface area contributed by atoms with E-state index in [0.717, 1.165) is 11.0 Å². The number of nitrogens with one attached hydrogen (secondary N) is 1. The van der Waals surface area contributed by atoms with Crippen molar-refractivity contribution in [1.29, 1.82) is 0 Å². The average molecular weight is 208 g/mol. The highest BCUT2D eigenvalue weighted by Gasteiger charge is 2.00. The van der Waals surface area contributed by atoms with E-state index in [1.807, 2.05) is 6.07 Å². The molecule has 0 atom stereocenters. The Labute approximate surface area is 94.0 Å². The predicted molar refractivity (Wildman–Crippen MR) is 66.3 cm³/mol. The number of H-pyrrole nitrogens is 1. The third-order valence-electron chi connectivity index (χ3n) is 2.81. The lowest BCUT2D eigenvalue weighted by Crippen LogP contribution is -1.79. The molecule has 0 unspecified atom stereocenters. The third kappa shape index (κ3) is 1.48. The van der Waals surface area contributed by atoms with Gasteiger partial charge in [0, 0.05) is 0 Å². The Bertz CT molecular complexity index is 621. The Kier molecular flexibility index (Phi) is 2.00. The number of nitrogens with zero attached hydrogens (tertiary/aromatic N) is 1. The van der Waals surface area contributed by atoms with Crippen LogP contribution in [-0.2, 0) is 0 Å². The molecular weight excluding hydrogens is 196 g/mol. The third-order valence-corrected chi connectivity index (χ3v) is 2.81. The van der Waals surface area contributed by atoms with Gasteiger partial charge in [0.15, 0.2) is 0 Å². The van der Waals surface area contributed by atoms with E-state index in [9.17, 15) is 0 Å². The molecule has 0 radical (unpaired) electrons. The topological polar surface area (TPSA) is 28.7 Å². The van der Waals surface area contributed by atoms with Gasteiger partial charge in [0.05, 0.1) is 17.4 Å². The summed E-state index contributed by atoms with van der Waals surface area (Å²) in [5.74, 6) is 0. The van der Waals surface area contributed by atoms with Crippen LogP contribution in [-0.4, -0.2) is 9.97 Å². The first-order valence-corrected chi connectivity index (χ1v) is 5.33. The standard InChI is InChI=1S/C14H12N2/c1-10-2-4-11(5-3-10)12-6-7-13-14(8-12)16-9-15-13/h2-9H,1H3,(H,15,16). The van der Waals surface area contributed by atoms with E-state index in [1.165, 1.54) is 16.7 Å². The zero-order valence-corrected chi connectivity index (χ0v) is 9.07. The lowest BCUT2D eigenvalue weighted by molar-refractivity contribution is 1.34. The van der Waals surface area contributed by atoms with E-state index in [2.05, 4.69) is 53.3 Å². The summed E-state index contributed by atoms with van der Waals surface area (Å²) in [5.41, 5.74) is 5.83. The van der Waals surface area contributed by atoms with Crippen molar-refractivity contribution in [1.82, 2.24) is 9.97 Å². The fourth-order valence-corrected chi connectivity index (χ4v) is 1.86. The molecule has 1 heterocycles. The van der Waals surface area contributed by atoms with Crippen molar-refractivity contribution in [3.05, 3.63) is 54.4 Å². The molecule has 0 amide bonds. The monoisotopic (exact) mass is 208 g/mol. The number of benzene rings is 2. The molecule has 2 heteroatoms. The first-order chi connectivity index (χ1) is 7.83. The summed E-state index contributed by atoms with van der Waals surface area (Å²) < 4.78 is 0. The number of aromatic nitrogens is 2. The highest BCUT2D eigenvalue weighted by Crippen LogP contribution is 2.22. The van der Waals surface area contributed by atoms with Crippen LogP contribution < -0.4 is 0 Å². The maximum Gasteiger partial charge on any atom is 0.0931 e. The summed E-state index contributed by atoms with van der Waals surface area (Å²) in [6.45, 7) is 2.10. The zero-order valence-electron chi connectivity index (χ0n) is 9.07. The molecule has 0 saturated heterocycles. The average Bonchev–Trinajstić information content (AvgIpc) is 2.77. The van der Waals surface area contributed by atoms with Crippen LogP contribution in [0.2, 0.25) is 0 Å². The highest BCUT2D eigenvalue weighted by atomic mass is 14.9. The Morgan fingerprint density at radius 2 is 1.69 bits per heavy atom. The van der Waals surface area contributed by atoms with Gasteiger partial charge < -0.3 is 4.98 Å². The molecule has 1 aromatic heterocycles. The fraction of sp³-hybridized carbons (Fsp3) is 0.0714. The summed E-state index contributed by atoms with van der Waals surface area (Å²) in [6, 6.07) is 14.8. The highest BCUT2D eigenvalue weighted by molar-refractivity contribution is 5.81. The van der Waals surface area contributed by atoms with Gasteiger partial charge in [0.2, 0.25) is 0 Å². The number of fused-ring (bicyclic) bond motifs is 1. The molecule has 78 valence electrons. The predicted octanol–water partition coefficient (Wildman–Crippen LogP) is 3.54. The maximum absolute atomic E-state index is 4.21. The molecule has 0 saturated carbocycles. The smallest absolute Gasteiger partial charge is 0.0931 e. The van der Waals surface area contributed by atoms with Gasteiger partial charge >= 0.3 is 0 Å². The van der Waals surface area contributed by atoms with Crippen LogP contribution in [0.25, 0.3) is 22.2 Å². The van der Waals surface area contributed by atoms with Gasteiger partial charge in [-0.15, -0.1) is 0 Å². The van der Waals surface area contributed by atoms with Crippen LogP contribution in [0.5, 0.6) is 0 Å². The van der Waals surface area contributed by atoms with Gasteiger partial charge in [-0.2, -0.15) is 0 Å². The molecule has 1 N–H and O–H groups in total. The number of hydrogen-bond donors (Lipinski definition) is 1. The van der Waals surface area contributed by atoms with E-state index in [-0.39, 0.29) is 0 Å². The Morgan fingerprint density at radius 1 is 0.938 bits per heavy atom. The van der Waals surface area contributed by atoms with Crippen molar-refractivity contribution in [3.8, 4) is 11.1 Å². The minimum atomic E-state index is 1.01. The van der Waals surface area contributed by atoms with Crippen LogP contribution in [0.1, 0.15) is 5.56 Å². The van der Waals surface area contributed by atoms with Crippen LogP contribution in [0.4, 0.5) is 0 Å². The number of aryl methyl sites for hydroxylation is 1. The van der Waals surface area contributed by atoms with E-state index < -0.39 is 0 Å². The Hall–Kier alpha value is -2.09. The molecule has 3 rings (SSSR count). The van der Waals surface area contributed by atoms with Crippen LogP contribution >= 0.6 is 0 Å². The van der Waals surface area contributed by atoms with E-state index in [1.54, 1.807) is 6.33 Å². The van der Waals surface area contributed by atoms with Gasteiger partial charge in [0.1, 0.15) is 0 Å². The molecule has 0 aliphatic heterocycles. The molecule has 3 aromatic rings. The molecule has 0 fully saturated rings. The summed E-state index contributed by atoms with van der Waals surface area (Å²) in [6.07, 6.45) is 1.73. The summed E-state index contributed by atoms with van der Waals surface area (Å²) in [4.78, 5) is 7.34. The van der Waals surface area contributed by atoms with Gasteiger partial charge in [-0.3, -0.25) is 0 Å². The SMILES string of the molecule is Cc1ccc(-c2ccc3nc[nH]c3c2)cc1. The largest absolute Gasteiger partial charge is 0.345 e. The van der Waals surface area contributed by atoms with Gasteiger partial charge in [-0.1, -0.05) is 35.9 Å². The molecular formula is C14H12N2. The first kappa shape index (κ1) is 9.16. The van der Waals surface area contributed by atoms with Crippen molar-refractivity contribution in [2.45, 2.75) is 6.92 Å². The van der Waals surface area contributed by atoms with Crippen molar-refractivity contribution in [2.24, 2.45) is 0 Å². The number of aromatic amines is 1. The molecule has 2 aromatic carbocycles. The molecule has 2 nitrogen and oxygen atoms in total. The quantitative estimate of drug-likeness (QED) is 0.651. The maximum atomic E-state index is 4.21. The Balaban J connectivity index is 2.14. The molecule has 0 spiro atoms. The van der Waals surface area contributed by atoms with Crippen LogP contribution in [0.3, 0.4) is 0 Å². The van der Waals surface area contributed by atoms with Crippen molar-refractivity contribution < 1.29 is 0 Å². The second kappa shape index (κ2) is 3.49. The van der Waals surface area contributed by atoms with Crippen molar-refractivity contribution in [3.63, 3.8) is 0 Å². The lowest BCUT2D eigenvalue weighted by Gasteiger charge is -2.02. The summed E-state index contributed by atoms with van der Waals surface area (Å²) in [7, 11) is 0. The van der Waals surface area contributed by atoms with Crippen LogP contribution in [0, 0.1) is 6.92 Å². The second-order valence-corrected chi connectivity index (χ2v) is 4.00. The Morgan fingerprint density at radius 3 is 2.50 bits per heavy atom. The lowest BCUT2D eigenvalue weighted by atomic mass is 10.0. The van der Waals surface area contributed by atoms with Crippen molar-refractivity contribution >= 4 is 11.0 Å². The first-order valence-electron chi connectivity index (χ1n) is 5.33. The van der Waals surface area contributed by atoms with Gasteiger partial charge in [-0.05, 0) is 30.2 Å². The zero-order chi connectivity index (χ0) is 11.0. The van der Waals surface area contributed by atoms with Gasteiger partial charge in [0.25, 0.3) is 0 Å². The molecule has 0 bridgehead atoms.